The van der Waals surface area contributed by atoms with Gasteiger partial charge in [-0.15, -0.1) is 0 Å². The van der Waals surface area contributed by atoms with E-state index in [-0.39, 0.29) is 0 Å². The van der Waals surface area contributed by atoms with Gasteiger partial charge in [0.2, 0.25) is 0 Å². The number of rotatable bonds is 3. The molecule has 0 aromatic rings. The molecule has 106 valence electrons. The molecule has 0 spiro atoms. The molecule has 1 N–H and O–H groups in total. The fraction of sp³-hybridized carbons (Fsp3) is 1.00. The van der Waals surface area contributed by atoms with Crippen molar-refractivity contribution in [1.29, 1.82) is 0 Å². The highest BCUT2D eigenvalue weighted by atomic mass is 15.3. The molecule has 0 aromatic carbocycles. The second-order valence-electron chi connectivity index (χ2n) is 6.93. The number of hydrogen-bond donors (Lipinski definition) is 1. The van der Waals surface area contributed by atoms with Gasteiger partial charge in [0, 0.05) is 31.2 Å². The molecule has 2 aliphatic rings. The van der Waals surface area contributed by atoms with Gasteiger partial charge < -0.3 is 5.32 Å². The Morgan fingerprint density at radius 2 is 1.83 bits per heavy atom. The van der Waals surface area contributed by atoms with Gasteiger partial charge in [-0.2, -0.15) is 0 Å². The van der Waals surface area contributed by atoms with E-state index in [1.165, 1.54) is 45.2 Å². The minimum absolute atomic E-state index is 0.701. The van der Waals surface area contributed by atoms with E-state index in [2.05, 4.69) is 37.9 Å². The molecule has 2 rings (SSSR count). The fourth-order valence-corrected chi connectivity index (χ4v) is 3.69. The van der Waals surface area contributed by atoms with Crippen LogP contribution in [0.1, 0.15) is 59.8 Å². The highest BCUT2D eigenvalue weighted by Crippen LogP contribution is 2.30. The molecule has 18 heavy (non-hydrogen) atoms. The average Bonchev–Trinajstić information content (AvgIpc) is 2.39. The molecule has 2 fully saturated rings. The number of nitrogens with one attached hydrogen (secondary N) is 1. The van der Waals surface area contributed by atoms with E-state index in [9.17, 15) is 0 Å². The SMILES string of the molecule is CCC1CNC(C(C)C)CN1C1CCC(C)CC1. The molecule has 1 saturated heterocycles. The first kappa shape index (κ1) is 14.3. The largest absolute Gasteiger partial charge is 0.311 e. The summed E-state index contributed by atoms with van der Waals surface area (Å²) in [5, 5.41) is 3.76. The Balaban J connectivity index is 1.97. The zero-order chi connectivity index (χ0) is 13.1. The van der Waals surface area contributed by atoms with E-state index in [4.69, 9.17) is 0 Å². The maximum atomic E-state index is 3.76. The molecular formula is C16H32N2. The van der Waals surface area contributed by atoms with Gasteiger partial charge in [0.05, 0.1) is 0 Å². The van der Waals surface area contributed by atoms with Crippen molar-refractivity contribution in [1.82, 2.24) is 10.2 Å². The van der Waals surface area contributed by atoms with Crippen LogP contribution in [0.3, 0.4) is 0 Å². The maximum absolute atomic E-state index is 3.76. The zero-order valence-electron chi connectivity index (χ0n) is 12.8. The van der Waals surface area contributed by atoms with Gasteiger partial charge in [-0.25, -0.2) is 0 Å². The molecule has 1 saturated carbocycles. The molecule has 2 atom stereocenters. The lowest BCUT2D eigenvalue weighted by Gasteiger charge is -2.47. The monoisotopic (exact) mass is 252 g/mol. The van der Waals surface area contributed by atoms with Crippen LogP contribution >= 0.6 is 0 Å². The molecular weight excluding hydrogens is 220 g/mol. The first-order chi connectivity index (χ1) is 8.61. The highest BCUT2D eigenvalue weighted by Gasteiger charge is 2.34. The van der Waals surface area contributed by atoms with Crippen molar-refractivity contribution in [3.05, 3.63) is 0 Å². The molecule has 1 aliphatic heterocycles. The van der Waals surface area contributed by atoms with Gasteiger partial charge in [-0.05, 0) is 43.9 Å². The molecule has 1 heterocycles. The Morgan fingerprint density at radius 1 is 1.17 bits per heavy atom. The normalized spacial score (nSPS) is 39.2. The molecule has 0 radical (unpaired) electrons. The minimum atomic E-state index is 0.701. The van der Waals surface area contributed by atoms with Crippen LogP contribution in [0.15, 0.2) is 0 Å². The minimum Gasteiger partial charge on any atom is -0.311 e. The molecule has 0 aromatic heterocycles. The molecule has 2 nitrogen and oxygen atoms in total. The Labute approximate surface area is 114 Å². The number of piperazine rings is 1. The van der Waals surface area contributed by atoms with Crippen LogP contribution in [0, 0.1) is 11.8 Å². The summed E-state index contributed by atoms with van der Waals surface area (Å²) in [5.41, 5.74) is 0. The van der Waals surface area contributed by atoms with E-state index >= 15 is 0 Å². The van der Waals surface area contributed by atoms with Gasteiger partial charge in [-0.1, -0.05) is 27.7 Å². The molecule has 2 unspecified atom stereocenters. The van der Waals surface area contributed by atoms with E-state index in [0.29, 0.717) is 6.04 Å². The topological polar surface area (TPSA) is 15.3 Å². The Bertz CT molecular complexity index is 243. The van der Waals surface area contributed by atoms with E-state index in [1.54, 1.807) is 0 Å². The van der Waals surface area contributed by atoms with Gasteiger partial charge in [0.15, 0.2) is 0 Å². The summed E-state index contributed by atoms with van der Waals surface area (Å²) in [4.78, 5) is 2.85. The summed E-state index contributed by atoms with van der Waals surface area (Å²) in [5.74, 6) is 1.72. The Morgan fingerprint density at radius 3 is 2.39 bits per heavy atom. The quantitative estimate of drug-likeness (QED) is 0.829. The van der Waals surface area contributed by atoms with Crippen molar-refractivity contribution in [2.75, 3.05) is 13.1 Å². The third-order valence-corrected chi connectivity index (χ3v) is 5.22. The van der Waals surface area contributed by atoms with Gasteiger partial charge in [0.25, 0.3) is 0 Å². The molecule has 0 amide bonds. The first-order valence-corrected chi connectivity index (χ1v) is 8.11. The van der Waals surface area contributed by atoms with Crippen LogP contribution in [0.2, 0.25) is 0 Å². The summed E-state index contributed by atoms with van der Waals surface area (Å²) in [6, 6.07) is 2.35. The smallest absolute Gasteiger partial charge is 0.0221 e. The summed E-state index contributed by atoms with van der Waals surface area (Å²) < 4.78 is 0. The van der Waals surface area contributed by atoms with Crippen molar-refractivity contribution in [2.24, 2.45) is 11.8 Å². The van der Waals surface area contributed by atoms with Crippen molar-refractivity contribution in [3.8, 4) is 0 Å². The van der Waals surface area contributed by atoms with Gasteiger partial charge in [0.1, 0.15) is 0 Å². The Hall–Kier alpha value is -0.0800. The third-order valence-electron chi connectivity index (χ3n) is 5.22. The number of hydrogen-bond acceptors (Lipinski definition) is 2. The van der Waals surface area contributed by atoms with Gasteiger partial charge >= 0.3 is 0 Å². The standard InChI is InChI=1S/C16H32N2/c1-5-14-10-17-16(12(2)3)11-18(14)15-8-6-13(4)7-9-15/h12-17H,5-11H2,1-4H3. The third kappa shape index (κ3) is 3.27. The zero-order valence-corrected chi connectivity index (χ0v) is 12.8. The predicted octanol–water partition coefficient (Wildman–Crippen LogP) is 3.27. The average molecular weight is 252 g/mol. The first-order valence-electron chi connectivity index (χ1n) is 8.11. The second kappa shape index (κ2) is 6.38. The van der Waals surface area contributed by atoms with Crippen LogP contribution in [0.5, 0.6) is 0 Å². The van der Waals surface area contributed by atoms with E-state index < -0.39 is 0 Å². The van der Waals surface area contributed by atoms with E-state index in [1.807, 2.05) is 0 Å². The van der Waals surface area contributed by atoms with Crippen molar-refractivity contribution >= 4 is 0 Å². The fourth-order valence-electron chi connectivity index (χ4n) is 3.69. The van der Waals surface area contributed by atoms with Crippen molar-refractivity contribution < 1.29 is 0 Å². The lowest BCUT2D eigenvalue weighted by atomic mass is 9.84. The highest BCUT2D eigenvalue weighted by molar-refractivity contribution is 4.91. The predicted molar refractivity (Wildman–Crippen MR) is 78.8 cm³/mol. The van der Waals surface area contributed by atoms with Crippen LogP contribution in [-0.2, 0) is 0 Å². The lowest BCUT2D eigenvalue weighted by Crippen LogP contribution is -2.61. The van der Waals surface area contributed by atoms with Crippen molar-refractivity contribution in [3.63, 3.8) is 0 Å². The molecule has 2 heteroatoms. The maximum Gasteiger partial charge on any atom is 0.0221 e. The molecule has 0 bridgehead atoms. The van der Waals surface area contributed by atoms with Crippen LogP contribution in [0.4, 0.5) is 0 Å². The van der Waals surface area contributed by atoms with Crippen LogP contribution in [-0.4, -0.2) is 36.1 Å². The second-order valence-corrected chi connectivity index (χ2v) is 6.93. The van der Waals surface area contributed by atoms with Gasteiger partial charge in [-0.3, -0.25) is 4.90 Å². The van der Waals surface area contributed by atoms with Crippen LogP contribution in [0.25, 0.3) is 0 Å². The summed E-state index contributed by atoms with van der Waals surface area (Å²) in [6.45, 7) is 11.9. The summed E-state index contributed by atoms with van der Waals surface area (Å²) >= 11 is 0. The molecule has 1 aliphatic carbocycles. The lowest BCUT2D eigenvalue weighted by molar-refractivity contribution is 0.0435. The summed E-state index contributed by atoms with van der Waals surface area (Å²) in [6.07, 6.45) is 7.05. The number of nitrogens with zero attached hydrogens (tertiary/aromatic N) is 1. The summed E-state index contributed by atoms with van der Waals surface area (Å²) in [7, 11) is 0. The van der Waals surface area contributed by atoms with E-state index in [0.717, 1.165) is 23.9 Å². The van der Waals surface area contributed by atoms with Crippen LogP contribution < -0.4 is 5.32 Å². The Kier molecular flexibility index (Phi) is 5.08. The van der Waals surface area contributed by atoms with Crippen molar-refractivity contribution in [2.45, 2.75) is 77.9 Å².